The minimum Gasteiger partial charge on any atom is -0.478 e. The van der Waals surface area contributed by atoms with Gasteiger partial charge in [-0.05, 0) is 19.1 Å². The molecule has 7 heteroatoms. The number of furan rings is 1. The second kappa shape index (κ2) is 9.86. The number of carboxylic acid groups (broad SMARTS) is 2. The maximum absolute atomic E-state index is 9.55. The summed E-state index contributed by atoms with van der Waals surface area (Å²) in [4.78, 5) is 19.1. The summed E-state index contributed by atoms with van der Waals surface area (Å²) in [6.07, 6.45) is 2.79. The molecule has 1 heterocycles. The van der Waals surface area contributed by atoms with Gasteiger partial charge in [-0.25, -0.2) is 9.59 Å². The van der Waals surface area contributed by atoms with E-state index in [4.69, 9.17) is 20.4 Å². The van der Waals surface area contributed by atoms with Crippen LogP contribution in [-0.2, 0) is 9.59 Å². The first kappa shape index (κ1) is 16.9. The molecule has 1 rings (SSSR count). The van der Waals surface area contributed by atoms with Crippen molar-refractivity contribution in [2.45, 2.75) is 13.0 Å². The zero-order valence-electron chi connectivity index (χ0n) is 10.6. The fourth-order valence-electron chi connectivity index (χ4n) is 1.08. The Morgan fingerprint density at radius 3 is 2.37 bits per heavy atom. The van der Waals surface area contributed by atoms with Crippen molar-refractivity contribution in [3.8, 4) is 0 Å². The highest BCUT2D eigenvalue weighted by molar-refractivity contribution is 5.89. The summed E-state index contributed by atoms with van der Waals surface area (Å²) in [6.45, 7) is 3.53. The lowest BCUT2D eigenvalue weighted by molar-refractivity contribution is -0.134. The Morgan fingerprint density at radius 2 is 2.00 bits per heavy atom. The lowest BCUT2D eigenvalue weighted by atomic mass is 10.2. The van der Waals surface area contributed by atoms with Crippen LogP contribution in [0.15, 0.2) is 35.0 Å². The minimum atomic E-state index is -1.26. The van der Waals surface area contributed by atoms with Gasteiger partial charge in [-0.1, -0.05) is 0 Å². The number of rotatable bonds is 6. The molecule has 0 aliphatic heterocycles. The molecule has 0 aliphatic carbocycles. The van der Waals surface area contributed by atoms with E-state index < -0.39 is 11.9 Å². The maximum Gasteiger partial charge on any atom is 0.328 e. The lowest BCUT2D eigenvalue weighted by Gasteiger charge is -2.08. The van der Waals surface area contributed by atoms with Crippen molar-refractivity contribution in [2.75, 3.05) is 13.1 Å². The Hall–Kier alpha value is -2.12. The van der Waals surface area contributed by atoms with Gasteiger partial charge in [0.15, 0.2) is 0 Å². The fourth-order valence-corrected chi connectivity index (χ4v) is 1.08. The molecule has 0 saturated heterocycles. The van der Waals surface area contributed by atoms with Crippen LogP contribution in [0.25, 0.3) is 0 Å². The fraction of sp³-hybridized carbons (Fsp3) is 0.333. The van der Waals surface area contributed by atoms with Crippen LogP contribution in [-0.4, -0.2) is 35.2 Å². The second-order valence-electron chi connectivity index (χ2n) is 3.49. The van der Waals surface area contributed by atoms with Gasteiger partial charge in [-0.2, -0.15) is 0 Å². The largest absolute Gasteiger partial charge is 0.478 e. The highest BCUT2D eigenvalue weighted by Gasteiger charge is 2.04. The molecule has 106 valence electrons. The van der Waals surface area contributed by atoms with Crippen LogP contribution >= 0.6 is 0 Å². The number of carbonyl (C=O) groups is 2. The number of aliphatic carboxylic acids is 2. The average molecular weight is 270 g/mol. The molecular weight excluding hydrogens is 252 g/mol. The molecule has 1 aromatic rings. The molecule has 0 aliphatic rings. The van der Waals surface area contributed by atoms with Crippen molar-refractivity contribution in [3.63, 3.8) is 0 Å². The third-order valence-electron chi connectivity index (χ3n) is 1.93. The Kier molecular flexibility index (Phi) is 8.76. The molecular formula is C12H18N2O5. The van der Waals surface area contributed by atoms with Crippen LogP contribution in [0.4, 0.5) is 0 Å². The summed E-state index contributed by atoms with van der Waals surface area (Å²) in [5, 5.41) is 18.8. The van der Waals surface area contributed by atoms with E-state index in [0.29, 0.717) is 18.7 Å². The van der Waals surface area contributed by atoms with Crippen LogP contribution in [0.5, 0.6) is 0 Å². The molecule has 0 fully saturated rings. The number of hydrogen-bond donors (Lipinski definition) is 4. The van der Waals surface area contributed by atoms with E-state index in [1.165, 1.54) is 0 Å². The molecule has 5 N–H and O–H groups in total. The summed E-state index contributed by atoms with van der Waals surface area (Å²) in [6, 6.07) is 4.10. The zero-order chi connectivity index (χ0) is 14.7. The summed E-state index contributed by atoms with van der Waals surface area (Å²) in [5.74, 6) is -1.56. The zero-order valence-corrected chi connectivity index (χ0v) is 10.6. The van der Waals surface area contributed by atoms with E-state index in [1.807, 2.05) is 12.1 Å². The normalized spacial score (nSPS) is 11.7. The molecule has 0 aromatic carbocycles. The van der Waals surface area contributed by atoms with Gasteiger partial charge in [0, 0.05) is 25.2 Å². The third kappa shape index (κ3) is 9.57. The Bertz CT molecular complexity index is 384. The average Bonchev–Trinajstić information content (AvgIpc) is 2.88. The van der Waals surface area contributed by atoms with Gasteiger partial charge >= 0.3 is 11.9 Å². The predicted molar refractivity (Wildman–Crippen MR) is 68.6 cm³/mol. The van der Waals surface area contributed by atoms with E-state index in [-0.39, 0.29) is 6.04 Å². The first-order chi connectivity index (χ1) is 8.97. The van der Waals surface area contributed by atoms with Gasteiger partial charge in [0.2, 0.25) is 0 Å². The number of nitrogens with two attached hydrogens (primary N) is 1. The highest BCUT2D eigenvalue weighted by Crippen LogP contribution is 2.10. The summed E-state index contributed by atoms with van der Waals surface area (Å²) >= 11 is 0. The number of nitrogens with one attached hydrogen (secondary N) is 1. The molecule has 0 radical (unpaired) electrons. The van der Waals surface area contributed by atoms with E-state index in [2.05, 4.69) is 12.2 Å². The number of hydrogen-bond acceptors (Lipinski definition) is 5. The van der Waals surface area contributed by atoms with Crippen molar-refractivity contribution in [3.05, 3.63) is 36.3 Å². The molecule has 0 bridgehead atoms. The second-order valence-corrected chi connectivity index (χ2v) is 3.49. The van der Waals surface area contributed by atoms with Gasteiger partial charge in [0.25, 0.3) is 0 Å². The molecule has 0 amide bonds. The predicted octanol–water partition coefficient (Wildman–Crippen LogP) is 0.601. The van der Waals surface area contributed by atoms with E-state index in [9.17, 15) is 9.59 Å². The molecule has 0 spiro atoms. The molecule has 1 atom stereocenters. The van der Waals surface area contributed by atoms with Crippen LogP contribution in [0.1, 0.15) is 18.7 Å². The SMILES string of the molecule is CC(NCCN)c1ccco1.O=C(O)C=CC(=O)O. The van der Waals surface area contributed by atoms with E-state index in [0.717, 1.165) is 12.3 Å². The third-order valence-corrected chi connectivity index (χ3v) is 1.93. The monoisotopic (exact) mass is 270 g/mol. The Balaban J connectivity index is 0.000000362. The number of carboxylic acids is 2. The summed E-state index contributed by atoms with van der Waals surface area (Å²) < 4.78 is 5.19. The Labute approximate surface area is 110 Å². The van der Waals surface area contributed by atoms with Crippen molar-refractivity contribution < 1.29 is 24.2 Å². The van der Waals surface area contributed by atoms with Crippen LogP contribution in [0.2, 0.25) is 0 Å². The van der Waals surface area contributed by atoms with Crippen LogP contribution in [0, 0.1) is 0 Å². The smallest absolute Gasteiger partial charge is 0.328 e. The van der Waals surface area contributed by atoms with Crippen molar-refractivity contribution in [1.82, 2.24) is 5.32 Å². The van der Waals surface area contributed by atoms with Gasteiger partial charge < -0.3 is 25.7 Å². The van der Waals surface area contributed by atoms with Gasteiger partial charge in [-0.15, -0.1) is 0 Å². The minimum absolute atomic E-state index is 0.258. The quantitative estimate of drug-likeness (QED) is 0.557. The Morgan fingerprint density at radius 1 is 1.42 bits per heavy atom. The van der Waals surface area contributed by atoms with Gasteiger partial charge in [0.1, 0.15) is 5.76 Å². The first-order valence-corrected chi connectivity index (χ1v) is 5.58. The first-order valence-electron chi connectivity index (χ1n) is 5.58. The summed E-state index contributed by atoms with van der Waals surface area (Å²) in [5.41, 5.74) is 5.34. The molecule has 1 aromatic heterocycles. The van der Waals surface area contributed by atoms with Crippen molar-refractivity contribution >= 4 is 11.9 Å². The van der Waals surface area contributed by atoms with Crippen molar-refractivity contribution in [2.24, 2.45) is 5.73 Å². The standard InChI is InChI=1S/C8H14N2O.C4H4O4/c1-7(10-5-4-9)8-3-2-6-11-8;5-3(6)1-2-4(7)8/h2-3,6-7,10H,4-5,9H2,1H3;1-2H,(H,5,6)(H,7,8). The topological polar surface area (TPSA) is 126 Å². The molecule has 19 heavy (non-hydrogen) atoms. The molecule has 7 nitrogen and oxygen atoms in total. The molecule has 1 unspecified atom stereocenters. The highest BCUT2D eigenvalue weighted by atomic mass is 16.4. The van der Waals surface area contributed by atoms with Crippen LogP contribution in [0.3, 0.4) is 0 Å². The van der Waals surface area contributed by atoms with E-state index in [1.54, 1.807) is 6.26 Å². The van der Waals surface area contributed by atoms with Crippen LogP contribution < -0.4 is 11.1 Å². The maximum atomic E-state index is 9.55. The molecule has 0 saturated carbocycles. The van der Waals surface area contributed by atoms with E-state index >= 15 is 0 Å². The van der Waals surface area contributed by atoms with Gasteiger partial charge in [-0.3, -0.25) is 0 Å². The van der Waals surface area contributed by atoms with Crippen molar-refractivity contribution in [1.29, 1.82) is 0 Å². The lowest BCUT2D eigenvalue weighted by Crippen LogP contribution is -2.25. The van der Waals surface area contributed by atoms with Gasteiger partial charge in [0.05, 0.1) is 12.3 Å². The summed E-state index contributed by atoms with van der Waals surface area (Å²) in [7, 11) is 0.